The number of carbonyl (C=O) groups excluding carboxylic acids is 1. The Balaban J connectivity index is 2.46. The summed E-state index contributed by atoms with van der Waals surface area (Å²) < 4.78 is 9.99. The summed E-state index contributed by atoms with van der Waals surface area (Å²) in [5.74, 6) is -1.13. The highest BCUT2D eigenvalue weighted by Gasteiger charge is 2.26. The van der Waals surface area contributed by atoms with Gasteiger partial charge in [0.05, 0.1) is 19.1 Å². The van der Waals surface area contributed by atoms with Crippen LogP contribution < -0.4 is 14.8 Å². The zero-order valence-corrected chi connectivity index (χ0v) is 13.7. The molecule has 0 atom stereocenters. The predicted molar refractivity (Wildman–Crippen MR) is 87.1 cm³/mol. The molecule has 1 aliphatic rings. The SMILES string of the molecule is COc1cc(/C(O)=C(\C#N)C(=O)NCC2CC2)cc([N+](=O)[O-])c1OC. The molecule has 0 radical (unpaired) electrons. The van der Waals surface area contributed by atoms with E-state index in [1.807, 2.05) is 0 Å². The van der Waals surface area contributed by atoms with E-state index in [0.717, 1.165) is 18.9 Å². The number of hydrogen-bond acceptors (Lipinski definition) is 7. The van der Waals surface area contributed by atoms with E-state index in [1.54, 1.807) is 6.07 Å². The Morgan fingerprint density at radius 3 is 2.60 bits per heavy atom. The highest BCUT2D eigenvalue weighted by Crippen LogP contribution is 2.39. The largest absolute Gasteiger partial charge is 0.506 e. The van der Waals surface area contributed by atoms with Crippen LogP contribution in [0.25, 0.3) is 5.76 Å². The number of carbonyl (C=O) groups is 1. The van der Waals surface area contributed by atoms with Gasteiger partial charge in [0, 0.05) is 18.2 Å². The first-order valence-electron chi connectivity index (χ1n) is 7.45. The average Bonchev–Trinajstić information content (AvgIpc) is 3.43. The van der Waals surface area contributed by atoms with Crippen LogP contribution in [-0.4, -0.2) is 36.7 Å². The second-order valence-corrected chi connectivity index (χ2v) is 5.48. The number of aliphatic hydroxyl groups excluding tert-OH is 1. The summed E-state index contributed by atoms with van der Waals surface area (Å²) in [7, 11) is 2.52. The van der Waals surface area contributed by atoms with E-state index in [9.17, 15) is 25.3 Å². The van der Waals surface area contributed by atoms with Crippen LogP contribution >= 0.6 is 0 Å². The second-order valence-electron chi connectivity index (χ2n) is 5.48. The van der Waals surface area contributed by atoms with Gasteiger partial charge in [-0.2, -0.15) is 5.26 Å². The van der Waals surface area contributed by atoms with Crippen LogP contribution in [0.5, 0.6) is 11.5 Å². The van der Waals surface area contributed by atoms with Gasteiger partial charge in [0.15, 0.2) is 11.3 Å². The van der Waals surface area contributed by atoms with Crippen LogP contribution in [0, 0.1) is 27.4 Å². The van der Waals surface area contributed by atoms with Crippen molar-refractivity contribution in [2.24, 2.45) is 5.92 Å². The van der Waals surface area contributed by atoms with E-state index in [4.69, 9.17) is 9.47 Å². The number of nitro groups is 1. The maximum absolute atomic E-state index is 12.1. The Kier molecular flexibility index (Phi) is 5.44. The van der Waals surface area contributed by atoms with Gasteiger partial charge in [0.2, 0.25) is 5.75 Å². The molecule has 1 amide bonds. The fourth-order valence-electron chi connectivity index (χ4n) is 2.22. The Morgan fingerprint density at radius 2 is 2.12 bits per heavy atom. The third-order valence-corrected chi connectivity index (χ3v) is 3.75. The molecule has 1 fully saturated rings. The molecule has 1 aromatic carbocycles. The Morgan fingerprint density at radius 1 is 1.44 bits per heavy atom. The lowest BCUT2D eigenvalue weighted by Crippen LogP contribution is -2.27. The number of aliphatic hydroxyl groups is 1. The van der Waals surface area contributed by atoms with Gasteiger partial charge in [-0.15, -0.1) is 0 Å². The number of nitro benzene ring substituents is 1. The molecule has 0 aliphatic heterocycles. The summed E-state index contributed by atoms with van der Waals surface area (Å²) >= 11 is 0. The average molecular weight is 347 g/mol. The number of nitrogens with zero attached hydrogens (tertiary/aromatic N) is 2. The summed E-state index contributed by atoms with van der Waals surface area (Å²) in [6.07, 6.45) is 2.03. The van der Waals surface area contributed by atoms with Gasteiger partial charge in [0.1, 0.15) is 11.8 Å². The minimum Gasteiger partial charge on any atom is -0.506 e. The number of nitrogens with one attached hydrogen (secondary N) is 1. The minimum absolute atomic E-state index is 0.00562. The van der Waals surface area contributed by atoms with Crippen LogP contribution in [0.15, 0.2) is 17.7 Å². The van der Waals surface area contributed by atoms with Crippen LogP contribution in [0.2, 0.25) is 0 Å². The van der Waals surface area contributed by atoms with Crippen molar-refractivity contribution in [2.45, 2.75) is 12.8 Å². The Bertz CT molecular complexity index is 777. The summed E-state index contributed by atoms with van der Waals surface area (Å²) in [4.78, 5) is 22.6. The summed E-state index contributed by atoms with van der Waals surface area (Å²) in [5, 5.41) is 33.3. The van der Waals surface area contributed by atoms with Gasteiger partial charge in [-0.1, -0.05) is 0 Å². The van der Waals surface area contributed by atoms with E-state index >= 15 is 0 Å². The van der Waals surface area contributed by atoms with Gasteiger partial charge >= 0.3 is 5.69 Å². The van der Waals surface area contributed by atoms with Gasteiger partial charge in [-0.3, -0.25) is 14.9 Å². The van der Waals surface area contributed by atoms with Crippen LogP contribution in [0.1, 0.15) is 18.4 Å². The van der Waals surface area contributed by atoms with Crippen molar-refractivity contribution >= 4 is 17.4 Å². The minimum atomic E-state index is -0.732. The van der Waals surface area contributed by atoms with Crippen LogP contribution in [-0.2, 0) is 4.79 Å². The van der Waals surface area contributed by atoms with Crippen molar-refractivity contribution in [1.29, 1.82) is 5.26 Å². The molecule has 0 unspecified atom stereocenters. The van der Waals surface area contributed by atoms with Gasteiger partial charge in [-0.05, 0) is 24.8 Å². The molecule has 1 aromatic rings. The molecule has 0 aromatic heterocycles. The molecular weight excluding hydrogens is 330 g/mol. The van der Waals surface area contributed by atoms with E-state index in [-0.39, 0.29) is 17.1 Å². The number of hydrogen-bond donors (Lipinski definition) is 2. The van der Waals surface area contributed by atoms with Gasteiger partial charge in [-0.25, -0.2) is 0 Å². The Labute approximate surface area is 143 Å². The lowest BCUT2D eigenvalue weighted by atomic mass is 10.1. The fraction of sp³-hybridized carbons (Fsp3) is 0.375. The number of rotatable bonds is 7. The van der Waals surface area contributed by atoms with Gasteiger partial charge in [0.25, 0.3) is 5.91 Å². The van der Waals surface area contributed by atoms with Crippen molar-refractivity contribution in [3.8, 4) is 17.6 Å². The van der Waals surface area contributed by atoms with E-state index in [1.165, 1.54) is 20.3 Å². The summed E-state index contributed by atoms with van der Waals surface area (Å²) in [6.45, 7) is 0.420. The maximum atomic E-state index is 12.1. The molecule has 9 heteroatoms. The lowest BCUT2D eigenvalue weighted by Gasteiger charge is -2.11. The first kappa shape index (κ1) is 18.1. The first-order chi connectivity index (χ1) is 11.9. The zero-order valence-electron chi connectivity index (χ0n) is 13.7. The highest BCUT2D eigenvalue weighted by atomic mass is 16.6. The molecule has 2 rings (SSSR count). The van der Waals surface area contributed by atoms with E-state index in [2.05, 4.69) is 5.32 Å². The van der Waals surface area contributed by atoms with E-state index < -0.39 is 27.9 Å². The predicted octanol–water partition coefficient (Wildman–Crippen LogP) is 1.93. The molecular formula is C16H17N3O6. The third kappa shape index (κ3) is 3.98. The number of benzene rings is 1. The molecule has 2 N–H and O–H groups in total. The van der Waals surface area contributed by atoms with Crippen molar-refractivity contribution in [1.82, 2.24) is 5.32 Å². The van der Waals surface area contributed by atoms with Crippen molar-refractivity contribution in [3.63, 3.8) is 0 Å². The van der Waals surface area contributed by atoms with Gasteiger partial charge < -0.3 is 19.9 Å². The number of ether oxygens (including phenoxy) is 2. The summed E-state index contributed by atoms with van der Waals surface area (Å²) in [5.41, 5.74) is -1.08. The Hall–Kier alpha value is -3.28. The molecule has 1 saturated carbocycles. The maximum Gasteiger partial charge on any atom is 0.315 e. The van der Waals surface area contributed by atoms with Crippen LogP contribution in [0.4, 0.5) is 5.69 Å². The molecule has 0 heterocycles. The normalized spacial score (nSPS) is 14.1. The first-order valence-corrected chi connectivity index (χ1v) is 7.45. The molecule has 132 valence electrons. The number of methoxy groups -OCH3 is 2. The highest BCUT2D eigenvalue weighted by molar-refractivity contribution is 6.03. The van der Waals surface area contributed by atoms with Crippen molar-refractivity contribution in [2.75, 3.05) is 20.8 Å². The topological polar surface area (TPSA) is 135 Å². The molecule has 25 heavy (non-hydrogen) atoms. The van der Waals surface area contributed by atoms with E-state index in [0.29, 0.717) is 12.5 Å². The zero-order chi connectivity index (χ0) is 18.6. The second kappa shape index (κ2) is 7.53. The smallest absolute Gasteiger partial charge is 0.315 e. The summed E-state index contributed by atoms with van der Waals surface area (Å²) in [6, 6.07) is 3.91. The fourth-order valence-corrected chi connectivity index (χ4v) is 2.22. The lowest BCUT2D eigenvalue weighted by molar-refractivity contribution is -0.385. The van der Waals surface area contributed by atoms with Crippen molar-refractivity contribution < 1.29 is 24.3 Å². The molecule has 0 saturated heterocycles. The number of amides is 1. The molecule has 0 bridgehead atoms. The monoisotopic (exact) mass is 347 g/mol. The van der Waals surface area contributed by atoms with Crippen LogP contribution in [0.3, 0.4) is 0 Å². The molecule has 9 nitrogen and oxygen atoms in total. The molecule has 1 aliphatic carbocycles. The quantitative estimate of drug-likeness (QED) is 0.253. The third-order valence-electron chi connectivity index (χ3n) is 3.75. The van der Waals surface area contributed by atoms with Crippen molar-refractivity contribution in [3.05, 3.63) is 33.4 Å². The molecule has 0 spiro atoms. The standard InChI is InChI=1S/C16H17N3O6/c1-24-13-6-10(5-12(19(22)23)15(13)25-2)14(20)11(7-17)16(21)18-8-9-3-4-9/h5-6,9,20H,3-4,8H2,1-2H3,(H,18,21)/b14-11-. The number of nitriles is 1.